The number of hydrogen-bond donors (Lipinski definition) is 2. The molecule has 0 aliphatic rings. The molecule has 3 N–H and O–H groups in total. The van der Waals surface area contributed by atoms with E-state index in [2.05, 4.69) is 4.98 Å². The summed E-state index contributed by atoms with van der Waals surface area (Å²) >= 11 is 0. The monoisotopic (exact) mass is 284 g/mol. The van der Waals surface area contributed by atoms with E-state index in [4.69, 9.17) is 11.1 Å². The van der Waals surface area contributed by atoms with Gasteiger partial charge in [0.25, 0.3) is 5.56 Å². The zero-order valence-corrected chi connectivity index (χ0v) is 12.2. The van der Waals surface area contributed by atoms with Crippen LogP contribution in [0.3, 0.4) is 0 Å². The minimum absolute atomic E-state index is 0.101. The molecule has 0 amide bonds. The number of rotatable bonds is 5. The van der Waals surface area contributed by atoms with Crippen LogP contribution in [-0.4, -0.2) is 15.4 Å². The second kappa shape index (κ2) is 6.83. The van der Waals surface area contributed by atoms with Crippen molar-refractivity contribution in [3.05, 3.63) is 58.0 Å². The normalized spacial score (nSPS) is 10.5. The SMILES string of the molecule is CCCc1cc(=O)nc(N)n1C(=N)CCc1ccccc1. The Morgan fingerprint density at radius 2 is 2.00 bits per heavy atom. The number of nitrogens with two attached hydrogens (primary N) is 1. The zero-order valence-electron chi connectivity index (χ0n) is 12.2. The lowest BCUT2D eigenvalue weighted by atomic mass is 10.1. The number of nitrogen functional groups attached to an aromatic ring is 1. The lowest BCUT2D eigenvalue weighted by molar-refractivity contribution is 0.813. The molecule has 0 radical (unpaired) electrons. The Balaban J connectivity index is 2.20. The smallest absolute Gasteiger partial charge is 0.274 e. The van der Waals surface area contributed by atoms with Crippen LogP contribution in [0.5, 0.6) is 0 Å². The van der Waals surface area contributed by atoms with Gasteiger partial charge in [0.15, 0.2) is 0 Å². The van der Waals surface area contributed by atoms with Gasteiger partial charge >= 0.3 is 0 Å². The number of nitrogens with zero attached hydrogens (tertiary/aromatic N) is 2. The lowest BCUT2D eigenvalue weighted by Crippen LogP contribution is -2.25. The Hall–Kier alpha value is -2.43. The summed E-state index contributed by atoms with van der Waals surface area (Å²) in [6.07, 6.45) is 2.90. The van der Waals surface area contributed by atoms with Gasteiger partial charge in [0.1, 0.15) is 5.84 Å². The highest BCUT2D eigenvalue weighted by Crippen LogP contribution is 2.10. The molecule has 0 atom stereocenters. The molecule has 21 heavy (non-hydrogen) atoms. The van der Waals surface area contributed by atoms with Crippen LogP contribution in [0.15, 0.2) is 41.2 Å². The van der Waals surface area contributed by atoms with Crippen LogP contribution in [0.1, 0.15) is 31.0 Å². The molecular weight excluding hydrogens is 264 g/mol. The van der Waals surface area contributed by atoms with Crippen molar-refractivity contribution in [2.24, 2.45) is 0 Å². The van der Waals surface area contributed by atoms with E-state index in [1.54, 1.807) is 4.57 Å². The second-order valence-electron chi connectivity index (χ2n) is 4.96. The van der Waals surface area contributed by atoms with E-state index in [-0.39, 0.29) is 11.5 Å². The number of hydrogen-bond acceptors (Lipinski definition) is 4. The average Bonchev–Trinajstić information content (AvgIpc) is 2.46. The molecule has 0 bridgehead atoms. The molecule has 5 heteroatoms. The van der Waals surface area contributed by atoms with Crippen molar-refractivity contribution in [3.63, 3.8) is 0 Å². The predicted octanol–water partition coefficient (Wildman–Crippen LogP) is 2.24. The van der Waals surface area contributed by atoms with E-state index in [0.717, 1.165) is 18.5 Å². The van der Waals surface area contributed by atoms with Crippen molar-refractivity contribution in [1.29, 1.82) is 5.41 Å². The molecule has 1 heterocycles. The van der Waals surface area contributed by atoms with E-state index in [9.17, 15) is 4.79 Å². The minimum atomic E-state index is -0.344. The maximum atomic E-state index is 11.5. The summed E-state index contributed by atoms with van der Waals surface area (Å²) < 4.78 is 1.59. The van der Waals surface area contributed by atoms with Gasteiger partial charge in [-0.2, -0.15) is 4.98 Å². The molecule has 1 aromatic carbocycles. The van der Waals surface area contributed by atoms with Crippen LogP contribution in [-0.2, 0) is 12.8 Å². The summed E-state index contributed by atoms with van der Waals surface area (Å²) in [4.78, 5) is 15.2. The second-order valence-corrected chi connectivity index (χ2v) is 4.96. The molecule has 0 aliphatic carbocycles. The van der Waals surface area contributed by atoms with Gasteiger partial charge in [-0.3, -0.25) is 14.8 Å². The largest absolute Gasteiger partial charge is 0.369 e. The standard InChI is InChI=1S/C16H20N4O/c1-2-6-13-11-15(21)19-16(18)20(13)14(17)10-9-12-7-4-3-5-8-12/h3-5,7-8,11,17H,2,6,9-10H2,1H3,(H2,18,19,21). The van der Waals surface area contributed by atoms with Crippen molar-refractivity contribution in [1.82, 2.24) is 9.55 Å². The van der Waals surface area contributed by atoms with Crippen LogP contribution in [0.2, 0.25) is 0 Å². The van der Waals surface area contributed by atoms with Crippen LogP contribution < -0.4 is 11.3 Å². The number of nitrogens with one attached hydrogen (secondary N) is 1. The molecule has 2 rings (SSSR count). The van der Waals surface area contributed by atoms with Gasteiger partial charge in [0, 0.05) is 18.2 Å². The van der Waals surface area contributed by atoms with Crippen LogP contribution in [0, 0.1) is 5.41 Å². The molecule has 5 nitrogen and oxygen atoms in total. The molecular formula is C16H20N4O. The fourth-order valence-electron chi connectivity index (χ4n) is 2.32. The molecule has 0 spiro atoms. The summed E-state index contributed by atoms with van der Waals surface area (Å²) in [5.74, 6) is 0.469. The van der Waals surface area contributed by atoms with E-state index in [0.29, 0.717) is 18.7 Å². The number of anilines is 1. The topological polar surface area (TPSA) is 84.8 Å². The van der Waals surface area contributed by atoms with E-state index in [1.165, 1.54) is 11.6 Å². The maximum Gasteiger partial charge on any atom is 0.274 e. The van der Waals surface area contributed by atoms with Gasteiger partial charge in [-0.05, 0) is 18.4 Å². The van der Waals surface area contributed by atoms with Gasteiger partial charge in [-0.15, -0.1) is 0 Å². The third-order valence-electron chi connectivity index (χ3n) is 3.30. The first-order valence-corrected chi connectivity index (χ1v) is 7.12. The van der Waals surface area contributed by atoms with Crippen LogP contribution in [0.4, 0.5) is 5.95 Å². The van der Waals surface area contributed by atoms with Crippen molar-refractivity contribution < 1.29 is 0 Å². The van der Waals surface area contributed by atoms with Crippen molar-refractivity contribution in [2.75, 3.05) is 5.73 Å². The predicted molar refractivity (Wildman–Crippen MR) is 84.8 cm³/mol. The molecule has 0 saturated carbocycles. The lowest BCUT2D eigenvalue weighted by Gasteiger charge is -2.15. The summed E-state index contributed by atoms with van der Waals surface area (Å²) in [5, 5.41) is 8.25. The first-order chi connectivity index (χ1) is 10.1. The van der Waals surface area contributed by atoms with E-state index >= 15 is 0 Å². The molecule has 0 unspecified atom stereocenters. The third kappa shape index (κ3) is 3.78. The van der Waals surface area contributed by atoms with E-state index < -0.39 is 0 Å². The highest BCUT2D eigenvalue weighted by molar-refractivity contribution is 5.84. The van der Waals surface area contributed by atoms with E-state index in [1.807, 2.05) is 37.3 Å². The quantitative estimate of drug-likeness (QED) is 0.652. The summed E-state index contributed by atoms with van der Waals surface area (Å²) in [6.45, 7) is 2.03. The zero-order chi connectivity index (χ0) is 15.2. The molecule has 0 aliphatic heterocycles. The molecule has 0 saturated heterocycles. The van der Waals surface area contributed by atoms with Crippen molar-refractivity contribution in [2.45, 2.75) is 32.6 Å². The maximum absolute atomic E-state index is 11.5. The Labute approximate surface area is 124 Å². The van der Waals surface area contributed by atoms with Gasteiger partial charge in [-0.25, -0.2) is 0 Å². The first-order valence-electron chi connectivity index (χ1n) is 7.12. The van der Waals surface area contributed by atoms with Gasteiger partial charge < -0.3 is 5.73 Å². The molecule has 110 valence electrons. The highest BCUT2D eigenvalue weighted by Gasteiger charge is 2.11. The Kier molecular flexibility index (Phi) is 4.87. The molecule has 1 aromatic heterocycles. The fourth-order valence-corrected chi connectivity index (χ4v) is 2.32. The number of aryl methyl sites for hydroxylation is 2. The summed E-state index contributed by atoms with van der Waals surface area (Å²) in [5.41, 5.74) is 7.42. The van der Waals surface area contributed by atoms with Crippen molar-refractivity contribution in [3.8, 4) is 0 Å². The van der Waals surface area contributed by atoms with Crippen molar-refractivity contribution >= 4 is 11.8 Å². The minimum Gasteiger partial charge on any atom is -0.369 e. The first kappa shape index (κ1) is 15.0. The van der Waals surface area contributed by atoms with Gasteiger partial charge in [-0.1, -0.05) is 43.7 Å². The Morgan fingerprint density at radius 3 is 2.67 bits per heavy atom. The average molecular weight is 284 g/mol. The number of aromatic nitrogens is 2. The fraction of sp³-hybridized carbons (Fsp3) is 0.312. The Bertz CT molecular complexity index is 676. The van der Waals surface area contributed by atoms with Gasteiger partial charge in [0.05, 0.1) is 0 Å². The van der Waals surface area contributed by atoms with Crippen LogP contribution >= 0.6 is 0 Å². The Morgan fingerprint density at radius 1 is 1.29 bits per heavy atom. The van der Waals surface area contributed by atoms with Gasteiger partial charge in [0.2, 0.25) is 5.95 Å². The summed E-state index contributed by atoms with van der Waals surface area (Å²) in [7, 11) is 0. The molecule has 2 aromatic rings. The number of benzene rings is 1. The third-order valence-corrected chi connectivity index (χ3v) is 3.30. The highest BCUT2D eigenvalue weighted by atomic mass is 16.1. The molecule has 0 fully saturated rings. The van der Waals surface area contributed by atoms with Crippen LogP contribution in [0.25, 0.3) is 0 Å². The summed E-state index contributed by atoms with van der Waals surface area (Å²) in [6, 6.07) is 11.5.